The summed E-state index contributed by atoms with van der Waals surface area (Å²) in [6.07, 6.45) is 0. The molecule has 0 unspecified atom stereocenters. The summed E-state index contributed by atoms with van der Waals surface area (Å²) in [6, 6.07) is 26.5. The normalized spacial score (nSPS) is 11.1. The molecular weight excluding hydrogens is 327 g/mol. The third-order valence-electron chi connectivity index (χ3n) is 4.14. The lowest BCUT2D eigenvalue weighted by Gasteiger charge is -2.22. The van der Waals surface area contributed by atoms with E-state index in [9.17, 15) is 9.69 Å². The van der Waals surface area contributed by atoms with Gasteiger partial charge in [0.15, 0.2) is 5.78 Å². The van der Waals surface area contributed by atoms with E-state index in [0.29, 0.717) is 16.4 Å². The largest absolute Gasteiger partial charge is 0.289 e. The van der Waals surface area contributed by atoms with Crippen LogP contribution < -0.4 is 15.9 Å². The van der Waals surface area contributed by atoms with Crippen molar-refractivity contribution in [2.24, 2.45) is 0 Å². The van der Waals surface area contributed by atoms with Gasteiger partial charge in [-0.3, -0.25) is 4.79 Å². The van der Waals surface area contributed by atoms with E-state index in [-0.39, 0.29) is 5.78 Å². The highest BCUT2D eigenvalue weighted by Crippen LogP contribution is 2.51. The first-order valence-electron chi connectivity index (χ1n) is 8.08. The SMILES string of the molecule is C=C(C)C(=O)c1ccccc1[P+](O)(c1ccccc1)c1ccccc1. The number of carbonyl (C=O) groups is 1. The van der Waals surface area contributed by atoms with Gasteiger partial charge in [-0.2, -0.15) is 0 Å². The molecule has 0 saturated heterocycles. The minimum atomic E-state index is -2.92. The lowest BCUT2D eigenvalue weighted by molar-refractivity contribution is 0.103. The molecule has 2 nitrogen and oxygen atoms in total. The van der Waals surface area contributed by atoms with Crippen LogP contribution in [0, 0.1) is 0 Å². The van der Waals surface area contributed by atoms with Crippen LogP contribution in [0.15, 0.2) is 97.1 Å². The molecule has 0 saturated carbocycles. The zero-order valence-electron chi connectivity index (χ0n) is 14.1. The van der Waals surface area contributed by atoms with Gasteiger partial charge in [0.1, 0.15) is 15.9 Å². The fraction of sp³-hybridized carbons (Fsp3) is 0.0455. The topological polar surface area (TPSA) is 37.3 Å². The summed E-state index contributed by atoms with van der Waals surface area (Å²) in [5, 5.41) is 2.31. The Morgan fingerprint density at radius 1 is 0.800 bits per heavy atom. The summed E-state index contributed by atoms with van der Waals surface area (Å²) < 4.78 is 0. The Hall–Kier alpha value is -2.54. The molecule has 3 heteroatoms. The summed E-state index contributed by atoms with van der Waals surface area (Å²) in [5.74, 6) is -0.138. The Labute approximate surface area is 148 Å². The fourth-order valence-corrected chi connectivity index (χ4v) is 5.78. The lowest BCUT2D eigenvalue weighted by Crippen LogP contribution is -2.33. The second-order valence-electron chi connectivity index (χ2n) is 5.93. The van der Waals surface area contributed by atoms with Gasteiger partial charge in [0, 0.05) is 0 Å². The quantitative estimate of drug-likeness (QED) is 0.435. The van der Waals surface area contributed by atoms with Crippen LogP contribution >= 0.6 is 7.49 Å². The molecule has 0 amide bonds. The van der Waals surface area contributed by atoms with Crippen molar-refractivity contribution in [3.63, 3.8) is 0 Å². The van der Waals surface area contributed by atoms with Crippen molar-refractivity contribution in [3.8, 4) is 0 Å². The number of benzene rings is 3. The number of hydrogen-bond donors (Lipinski definition) is 1. The van der Waals surface area contributed by atoms with E-state index in [1.54, 1.807) is 13.0 Å². The Kier molecular flexibility index (Phi) is 4.94. The van der Waals surface area contributed by atoms with Gasteiger partial charge in [-0.05, 0) is 48.9 Å². The van der Waals surface area contributed by atoms with Crippen molar-refractivity contribution in [1.29, 1.82) is 0 Å². The van der Waals surface area contributed by atoms with E-state index in [1.165, 1.54) is 0 Å². The summed E-state index contributed by atoms with van der Waals surface area (Å²) in [7, 11) is -2.92. The average Bonchev–Trinajstić information content (AvgIpc) is 2.68. The van der Waals surface area contributed by atoms with Crippen LogP contribution in [0.25, 0.3) is 0 Å². The molecule has 0 aliphatic heterocycles. The summed E-state index contributed by atoms with van der Waals surface area (Å²) >= 11 is 0. The summed E-state index contributed by atoms with van der Waals surface area (Å²) in [4.78, 5) is 24.6. The minimum absolute atomic E-state index is 0.138. The molecular formula is C22H20O2P+. The molecule has 3 aromatic carbocycles. The number of Topliss-reactive ketones (excluding diaryl/α,β-unsaturated/α-hetero) is 1. The molecule has 0 aliphatic carbocycles. The molecule has 0 aliphatic rings. The first-order valence-corrected chi connectivity index (χ1v) is 9.82. The molecule has 3 aromatic rings. The van der Waals surface area contributed by atoms with Crippen molar-refractivity contribution in [1.82, 2.24) is 0 Å². The molecule has 1 N–H and O–H groups in total. The number of allylic oxidation sites excluding steroid dienone is 1. The number of hydrogen-bond acceptors (Lipinski definition) is 2. The van der Waals surface area contributed by atoms with Gasteiger partial charge < -0.3 is 0 Å². The van der Waals surface area contributed by atoms with Crippen molar-refractivity contribution >= 4 is 29.2 Å². The van der Waals surface area contributed by atoms with E-state index >= 15 is 0 Å². The van der Waals surface area contributed by atoms with Gasteiger partial charge in [0.05, 0.1) is 5.56 Å². The summed E-state index contributed by atoms with van der Waals surface area (Å²) in [6.45, 7) is 5.48. The van der Waals surface area contributed by atoms with Crippen LogP contribution in [0.1, 0.15) is 17.3 Å². The molecule has 0 bridgehead atoms. The predicted molar refractivity (Wildman–Crippen MR) is 107 cm³/mol. The second kappa shape index (κ2) is 7.14. The van der Waals surface area contributed by atoms with Gasteiger partial charge in [-0.25, -0.2) is 4.89 Å². The zero-order valence-corrected chi connectivity index (χ0v) is 15.0. The first-order chi connectivity index (χ1) is 12.0. The first kappa shape index (κ1) is 17.3. The van der Waals surface area contributed by atoms with E-state index < -0.39 is 7.49 Å². The van der Waals surface area contributed by atoms with Crippen LogP contribution in [-0.4, -0.2) is 10.7 Å². The van der Waals surface area contributed by atoms with Crippen molar-refractivity contribution in [2.75, 3.05) is 0 Å². The monoisotopic (exact) mass is 347 g/mol. The number of ketones is 1. The van der Waals surface area contributed by atoms with Gasteiger partial charge in [0.2, 0.25) is 7.49 Å². The Morgan fingerprint density at radius 3 is 1.72 bits per heavy atom. The van der Waals surface area contributed by atoms with Crippen molar-refractivity contribution < 1.29 is 9.69 Å². The molecule has 0 atom stereocenters. The smallest absolute Gasteiger partial charge is 0.239 e. The highest BCUT2D eigenvalue weighted by molar-refractivity contribution is 7.91. The molecule has 0 aromatic heterocycles. The van der Waals surface area contributed by atoms with Crippen LogP contribution in [0.3, 0.4) is 0 Å². The lowest BCUT2D eigenvalue weighted by atomic mass is 10.1. The predicted octanol–water partition coefficient (Wildman–Crippen LogP) is 3.65. The summed E-state index contributed by atoms with van der Waals surface area (Å²) in [5.41, 5.74) is 0.971. The molecule has 0 spiro atoms. The number of carbonyl (C=O) groups excluding carboxylic acids is 1. The molecule has 0 radical (unpaired) electrons. The average molecular weight is 347 g/mol. The highest BCUT2D eigenvalue weighted by atomic mass is 31.2. The van der Waals surface area contributed by atoms with Crippen molar-refractivity contribution in [3.05, 3.63) is 103 Å². The van der Waals surface area contributed by atoms with E-state index in [4.69, 9.17) is 0 Å². The maximum Gasteiger partial charge on any atom is 0.239 e. The Balaban J connectivity index is 2.32. The number of rotatable bonds is 5. The standard InChI is InChI=1S/C22H20O2P/c1-17(2)22(23)20-15-9-10-16-21(20)25(24,18-11-5-3-6-12-18)19-13-7-4-8-14-19/h3-16,24H,1H2,2H3/q+1. The molecule has 3 rings (SSSR count). The molecule has 0 fully saturated rings. The third-order valence-corrected chi connectivity index (χ3v) is 7.32. The second-order valence-corrected chi connectivity index (χ2v) is 8.72. The highest BCUT2D eigenvalue weighted by Gasteiger charge is 2.46. The molecule has 0 heterocycles. The third kappa shape index (κ3) is 3.19. The van der Waals surface area contributed by atoms with E-state index in [0.717, 1.165) is 10.6 Å². The molecule has 124 valence electrons. The fourth-order valence-electron chi connectivity index (χ4n) is 2.89. The van der Waals surface area contributed by atoms with E-state index in [2.05, 4.69) is 6.58 Å². The van der Waals surface area contributed by atoms with Gasteiger partial charge in [0.25, 0.3) is 0 Å². The van der Waals surface area contributed by atoms with Crippen LogP contribution in [0.4, 0.5) is 0 Å². The van der Waals surface area contributed by atoms with Gasteiger partial charge in [-0.1, -0.05) is 55.1 Å². The Bertz CT molecular complexity index is 862. The van der Waals surface area contributed by atoms with Gasteiger partial charge in [-0.15, -0.1) is 0 Å². The van der Waals surface area contributed by atoms with Crippen molar-refractivity contribution in [2.45, 2.75) is 6.92 Å². The van der Waals surface area contributed by atoms with E-state index in [1.807, 2.05) is 78.9 Å². The van der Waals surface area contributed by atoms with Crippen LogP contribution in [-0.2, 0) is 0 Å². The maximum atomic E-state index is 12.7. The molecule has 25 heavy (non-hydrogen) atoms. The zero-order chi connectivity index (χ0) is 17.9. The minimum Gasteiger partial charge on any atom is -0.289 e. The van der Waals surface area contributed by atoms with Crippen LogP contribution in [0.5, 0.6) is 0 Å². The van der Waals surface area contributed by atoms with Crippen LogP contribution in [0.2, 0.25) is 0 Å². The maximum absolute atomic E-state index is 12.7. The Morgan fingerprint density at radius 2 is 1.24 bits per heavy atom. The van der Waals surface area contributed by atoms with Gasteiger partial charge >= 0.3 is 0 Å².